The number of carbonyl (C=O) groups excluding carboxylic acids is 1. The number of hydrogen-bond donors (Lipinski definition) is 2. The summed E-state index contributed by atoms with van der Waals surface area (Å²) in [5.41, 5.74) is 1.58. The van der Waals surface area contributed by atoms with Crippen molar-refractivity contribution in [2.24, 2.45) is 5.92 Å². The molecule has 0 saturated carbocycles. The minimum Gasteiger partial charge on any atom is -0.315 e. The number of thiophene rings is 1. The van der Waals surface area contributed by atoms with Crippen LogP contribution in [-0.4, -0.2) is 28.8 Å². The number of Topliss-reactive ketones (excluding diaryl/α,β-unsaturated/α-hetero) is 1. The zero-order valence-corrected chi connectivity index (χ0v) is 13.1. The first-order valence-electron chi connectivity index (χ1n) is 7.50. The first-order chi connectivity index (χ1) is 11.2. The van der Waals surface area contributed by atoms with Crippen molar-refractivity contribution in [1.82, 2.24) is 15.3 Å². The second-order valence-corrected chi connectivity index (χ2v) is 6.67. The summed E-state index contributed by atoms with van der Waals surface area (Å²) in [6.07, 6.45) is 1.41. The van der Waals surface area contributed by atoms with Crippen molar-refractivity contribution in [2.45, 2.75) is 5.92 Å². The Morgan fingerprint density at radius 3 is 3.00 bits per heavy atom. The fraction of sp³-hybridized carbons (Fsp3) is 0.235. The molecule has 2 N–H and O–H groups in total. The van der Waals surface area contributed by atoms with Crippen LogP contribution in [0.3, 0.4) is 0 Å². The molecule has 0 unspecified atom stereocenters. The fourth-order valence-electron chi connectivity index (χ4n) is 3.22. The highest BCUT2D eigenvalue weighted by Gasteiger charge is 2.34. The monoisotopic (exact) mass is 325 g/mol. The van der Waals surface area contributed by atoms with Crippen LogP contribution in [0, 0.1) is 5.92 Å². The van der Waals surface area contributed by atoms with Gasteiger partial charge in [-0.25, -0.2) is 4.98 Å². The van der Waals surface area contributed by atoms with Crippen LogP contribution in [0.4, 0.5) is 0 Å². The number of ketones is 1. The van der Waals surface area contributed by atoms with Gasteiger partial charge in [-0.3, -0.25) is 9.59 Å². The van der Waals surface area contributed by atoms with Gasteiger partial charge in [0, 0.05) is 24.9 Å². The number of nitrogens with zero attached hydrogens (tertiary/aromatic N) is 1. The summed E-state index contributed by atoms with van der Waals surface area (Å²) in [5, 5.41) is 5.82. The van der Waals surface area contributed by atoms with Gasteiger partial charge < -0.3 is 10.3 Å². The molecule has 0 aliphatic carbocycles. The lowest BCUT2D eigenvalue weighted by atomic mass is 9.85. The van der Waals surface area contributed by atoms with Crippen molar-refractivity contribution in [3.05, 3.63) is 62.8 Å². The van der Waals surface area contributed by atoms with Gasteiger partial charge in [0.1, 0.15) is 0 Å². The molecule has 2 atom stereocenters. The number of H-pyrrole nitrogens is 1. The lowest BCUT2D eigenvalue weighted by molar-refractivity contribution is 0.0925. The Morgan fingerprint density at radius 1 is 1.26 bits per heavy atom. The maximum Gasteiger partial charge on any atom is 0.258 e. The topological polar surface area (TPSA) is 74.8 Å². The summed E-state index contributed by atoms with van der Waals surface area (Å²) >= 11 is 1.48. The summed E-state index contributed by atoms with van der Waals surface area (Å²) in [5.74, 6) is 0.220. The normalized spacial score (nSPS) is 20.9. The SMILES string of the molecule is O=C(c1cccs1)[C@H]1CNC[C@@H]1c1ccc2c(=O)[nH]cnc2c1. The molecule has 5 nitrogen and oxygen atoms in total. The molecule has 116 valence electrons. The van der Waals surface area contributed by atoms with E-state index in [1.165, 1.54) is 17.7 Å². The van der Waals surface area contributed by atoms with Crippen molar-refractivity contribution < 1.29 is 4.79 Å². The molecule has 23 heavy (non-hydrogen) atoms. The minimum absolute atomic E-state index is 0.0758. The highest BCUT2D eigenvalue weighted by molar-refractivity contribution is 7.12. The van der Waals surface area contributed by atoms with Gasteiger partial charge in [0.05, 0.1) is 22.1 Å². The second-order valence-electron chi connectivity index (χ2n) is 5.72. The molecule has 4 rings (SSSR count). The lowest BCUT2D eigenvalue weighted by Crippen LogP contribution is -2.21. The highest BCUT2D eigenvalue weighted by atomic mass is 32.1. The number of benzene rings is 1. The molecule has 6 heteroatoms. The molecule has 2 aromatic heterocycles. The average molecular weight is 325 g/mol. The lowest BCUT2D eigenvalue weighted by Gasteiger charge is -2.17. The number of aromatic nitrogens is 2. The van der Waals surface area contributed by atoms with Gasteiger partial charge in [0.2, 0.25) is 0 Å². The molecule has 1 fully saturated rings. The Kier molecular flexibility index (Phi) is 3.55. The molecular formula is C17H15N3O2S. The second kappa shape index (κ2) is 5.72. The summed E-state index contributed by atoms with van der Waals surface area (Å²) in [4.78, 5) is 32.1. The molecule has 0 spiro atoms. The first kappa shape index (κ1) is 14.3. The largest absolute Gasteiger partial charge is 0.315 e. The van der Waals surface area contributed by atoms with E-state index in [9.17, 15) is 9.59 Å². The Bertz CT molecular complexity index is 917. The van der Waals surface area contributed by atoms with Crippen molar-refractivity contribution in [2.75, 3.05) is 13.1 Å². The Hall–Kier alpha value is -2.31. The van der Waals surface area contributed by atoms with Crippen LogP contribution < -0.4 is 10.9 Å². The van der Waals surface area contributed by atoms with Crippen LogP contribution in [0.15, 0.2) is 46.8 Å². The van der Waals surface area contributed by atoms with Crippen molar-refractivity contribution in [3.63, 3.8) is 0 Å². The fourth-order valence-corrected chi connectivity index (χ4v) is 3.95. The molecule has 1 aliphatic rings. The van der Waals surface area contributed by atoms with Crippen molar-refractivity contribution >= 4 is 28.0 Å². The number of hydrogen-bond acceptors (Lipinski definition) is 5. The van der Waals surface area contributed by atoms with Gasteiger partial charge >= 0.3 is 0 Å². The molecule has 1 saturated heterocycles. The van der Waals surface area contributed by atoms with E-state index in [1.807, 2.05) is 29.6 Å². The van der Waals surface area contributed by atoms with Gasteiger partial charge in [0.25, 0.3) is 5.56 Å². The van der Waals surface area contributed by atoms with Gasteiger partial charge in [-0.15, -0.1) is 11.3 Å². The zero-order chi connectivity index (χ0) is 15.8. The van der Waals surface area contributed by atoms with Gasteiger partial charge in [-0.1, -0.05) is 12.1 Å². The van der Waals surface area contributed by atoms with Crippen LogP contribution in [0.2, 0.25) is 0 Å². The minimum atomic E-state index is -0.141. The number of fused-ring (bicyclic) bond motifs is 1. The van der Waals surface area contributed by atoms with Crippen LogP contribution in [0.1, 0.15) is 21.2 Å². The average Bonchev–Trinajstić information content (AvgIpc) is 3.26. The smallest absolute Gasteiger partial charge is 0.258 e. The van der Waals surface area contributed by atoms with E-state index >= 15 is 0 Å². The summed E-state index contributed by atoms with van der Waals surface area (Å²) in [7, 11) is 0. The third-order valence-electron chi connectivity index (χ3n) is 4.41. The first-order valence-corrected chi connectivity index (χ1v) is 8.38. The highest BCUT2D eigenvalue weighted by Crippen LogP contribution is 2.32. The maximum absolute atomic E-state index is 12.7. The third-order valence-corrected chi connectivity index (χ3v) is 5.29. The predicted molar refractivity (Wildman–Crippen MR) is 90.1 cm³/mol. The number of aromatic amines is 1. The van der Waals surface area contributed by atoms with E-state index in [1.54, 1.807) is 6.07 Å². The van der Waals surface area contributed by atoms with Crippen LogP contribution in [0.25, 0.3) is 10.9 Å². The van der Waals surface area contributed by atoms with Crippen molar-refractivity contribution in [3.8, 4) is 0 Å². The van der Waals surface area contributed by atoms with Crippen LogP contribution >= 0.6 is 11.3 Å². The molecule has 0 radical (unpaired) electrons. The van der Waals surface area contributed by atoms with E-state index in [0.29, 0.717) is 17.4 Å². The molecular weight excluding hydrogens is 310 g/mol. The van der Waals surface area contributed by atoms with Gasteiger partial charge in [-0.2, -0.15) is 0 Å². The van der Waals surface area contributed by atoms with E-state index < -0.39 is 0 Å². The Morgan fingerprint density at radius 2 is 2.17 bits per heavy atom. The maximum atomic E-state index is 12.7. The summed E-state index contributed by atoms with van der Waals surface area (Å²) in [6, 6.07) is 9.44. The molecule has 3 aromatic rings. The summed E-state index contributed by atoms with van der Waals surface area (Å²) < 4.78 is 0. The van der Waals surface area contributed by atoms with E-state index in [4.69, 9.17) is 0 Å². The van der Waals surface area contributed by atoms with E-state index in [0.717, 1.165) is 17.0 Å². The quantitative estimate of drug-likeness (QED) is 0.724. The van der Waals surface area contributed by atoms with Crippen molar-refractivity contribution in [1.29, 1.82) is 0 Å². The van der Waals surface area contributed by atoms with Crippen LogP contribution in [0.5, 0.6) is 0 Å². The molecule has 0 bridgehead atoms. The number of nitrogens with one attached hydrogen (secondary N) is 2. The molecule has 1 aliphatic heterocycles. The van der Waals surface area contributed by atoms with E-state index in [2.05, 4.69) is 15.3 Å². The molecule has 1 aromatic carbocycles. The number of rotatable bonds is 3. The Balaban J connectivity index is 1.71. The Labute approximate surface area is 136 Å². The van der Waals surface area contributed by atoms with Crippen LogP contribution in [-0.2, 0) is 0 Å². The third kappa shape index (κ3) is 2.50. The molecule has 3 heterocycles. The standard InChI is InChI=1S/C17H15N3O2S/c21-16(15-2-1-5-23-15)13-8-18-7-12(13)10-3-4-11-14(6-10)19-9-20-17(11)22/h1-6,9,12-13,18H,7-8H2,(H,19,20,22)/t12-,13+/m1/s1. The van der Waals surface area contributed by atoms with E-state index in [-0.39, 0.29) is 23.2 Å². The zero-order valence-electron chi connectivity index (χ0n) is 12.3. The number of carbonyl (C=O) groups is 1. The van der Waals surface area contributed by atoms with Gasteiger partial charge in [-0.05, 0) is 29.1 Å². The summed E-state index contributed by atoms with van der Waals surface area (Å²) in [6.45, 7) is 1.44. The van der Waals surface area contributed by atoms with Gasteiger partial charge in [0.15, 0.2) is 5.78 Å². The molecule has 0 amide bonds. The predicted octanol–water partition coefficient (Wildman–Crippen LogP) is 2.17.